The Morgan fingerprint density at radius 2 is 0.515 bits per heavy atom. The second-order valence-corrected chi connectivity index (χ2v) is 26.6. The Bertz CT molecular complexity index is 5090. The predicted molar refractivity (Wildman–Crippen MR) is 444 cm³/mol. The maximum absolute atomic E-state index is 8.94. The van der Waals surface area contributed by atoms with Gasteiger partial charge in [-0.3, -0.25) is 0 Å². The van der Waals surface area contributed by atoms with Crippen molar-refractivity contribution < 1.29 is 11.5 Å². The van der Waals surface area contributed by atoms with Gasteiger partial charge >= 0.3 is 7.12 Å². The molecular formula is C91H72BBr2IN2O2. The van der Waals surface area contributed by atoms with E-state index in [-0.39, 0.29) is 8.85 Å². The van der Waals surface area contributed by atoms with Gasteiger partial charge in [0.25, 0.3) is 0 Å². The first-order valence-electron chi connectivity index (χ1n) is 32.4. The molecule has 0 spiro atoms. The monoisotopic (exact) mass is 1520 g/mol. The summed E-state index contributed by atoms with van der Waals surface area (Å²) in [7, 11) is -1.38. The van der Waals surface area contributed by atoms with E-state index in [9.17, 15) is 0 Å². The van der Waals surface area contributed by atoms with Gasteiger partial charge in [-0.15, -0.1) is 0 Å². The van der Waals surface area contributed by atoms with Crippen molar-refractivity contribution in [1.29, 1.82) is 0 Å². The van der Waals surface area contributed by atoms with Crippen LogP contribution in [0.15, 0.2) is 385 Å². The summed E-state index contributed by atoms with van der Waals surface area (Å²) >= 11 is 9.08. The van der Waals surface area contributed by atoms with Gasteiger partial charge in [-0.1, -0.05) is 300 Å². The van der Waals surface area contributed by atoms with Gasteiger partial charge in [0.15, 0.2) is 0 Å². The van der Waals surface area contributed by atoms with Crippen LogP contribution in [0.25, 0.3) is 88.6 Å². The molecule has 0 radical (unpaired) electrons. The van der Waals surface area contributed by atoms with Crippen molar-refractivity contribution in [2.75, 3.05) is 9.80 Å². The molecule has 0 aromatic heterocycles. The molecule has 0 bridgehead atoms. The van der Waals surface area contributed by atoms with E-state index in [4.69, 9.17) is 10.0 Å². The molecule has 0 fully saturated rings. The highest BCUT2D eigenvalue weighted by molar-refractivity contribution is 14.1. The van der Waals surface area contributed by atoms with Crippen LogP contribution < -0.4 is 15.3 Å². The molecule has 0 aliphatic rings. The zero-order valence-electron chi connectivity index (χ0n) is 53.5. The molecule has 0 aliphatic heterocycles. The number of halogens is 3. The predicted octanol–water partition coefficient (Wildman–Crippen LogP) is 26.2. The number of anilines is 6. The Balaban J connectivity index is 0.000000202. The fourth-order valence-electron chi connectivity index (χ4n) is 11.9. The van der Waals surface area contributed by atoms with Crippen molar-refractivity contribution >= 4 is 156 Å². The molecular weight excluding hydrogens is 1450 g/mol. The van der Waals surface area contributed by atoms with E-state index in [0.29, 0.717) is 5.46 Å². The fraction of sp³-hybridized carbons (Fsp3) is 0.0110. The summed E-state index contributed by atoms with van der Waals surface area (Å²) in [6.07, 6.45) is 4.37. The van der Waals surface area contributed by atoms with E-state index >= 15 is 0 Å². The summed E-state index contributed by atoms with van der Waals surface area (Å²) in [6, 6.07) is 132. The van der Waals surface area contributed by atoms with Crippen LogP contribution >= 0.6 is 54.5 Å². The van der Waals surface area contributed by atoms with E-state index in [1.807, 2.05) is 42.5 Å². The topological polar surface area (TPSA) is 46.9 Å². The normalized spacial score (nSPS) is 10.8. The summed E-state index contributed by atoms with van der Waals surface area (Å²) < 4.78 is 3.52. The maximum atomic E-state index is 8.94. The Morgan fingerprint density at radius 1 is 0.263 bits per heavy atom. The van der Waals surface area contributed by atoms with Crippen molar-refractivity contribution in [3.8, 4) is 33.4 Å². The zero-order chi connectivity index (χ0) is 67.0. The number of benzene rings is 16. The Hall–Kier alpha value is -10.4. The molecule has 0 aliphatic carbocycles. The lowest BCUT2D eigenvalue weighted by Gasteiger charge is -2.26. The lowest BCUT2D eigenvalue weighted by molar-refractivity contribution is 0.426. The number of hydrogen-bond donors (Lipinski definition) is 2. The van der Waals surface area contributed by atoms with Gasteiger partial charge in [0.1, 0.15) is 0 Å². The highest BCUT2D eigenvalue weighted by Crippen LogP contribution is 2.39. The molecule has 0 heterocycles. The van der Waals surface area contributed by atoms with Gasteiger partial charge in [-0.25, -0.2) is 0 Å². The largest absolute Gasteiger partial charge is 0.488 e. The van der Waals surface area contributed by atoms with Crippen LogP contribution in [0.2, 0.25) is 0 Å². The number of nitrogens with zero attached hydrogens (tertiary/aromatic N) is 2. The summed E-state index contributed by atoms with van der Waals surface area (Å²) in [5, 5.41) is 27.6. The van der Waals surface area contributed by atoms with Gasteiger partial charge in [0.2, 0.25) is 0 Å². The Kier molecular flexibility index (Phi) is 23.0. The molecule has 0 saturated heterocycles. The minimum Gasteiger partial charge on any atom is -0.423 e. The van der Waals surface area contributed by atoms with Crippen LogP contribution in [0.1, 0.15) is 20.0 Å². The molecule has 0 saturated carbocycles. The molecule has 0 amide bonds. The standard InChI is InChI=1S/C58H42N2.C16H11Br.C10H9BO2.C6H4BrI.CH4.H2/c1-3-15-53(16-4-1)59(57-37-29-47(30-38-57)51-27-25-45-11-7-9-13-49(45)41-51)55-33-21-43(22-34-55)19-20-44-23-35-56(36-24-44)60(54-17-5-2-6-18-54)58-39-31-48(32-40-58)52-28-26-46-12-8-10-14-50(46)42-52;17-16-9-7-13(8-10-16)15-6-5-12-3-1-2-4-14(12)11-15;12-11(13)10-6-5-8-3-1-2-4-9(8)7-10;7-5-1-3-6(8)4-2-5;;/h1-42H;1-11H;1-7,12-13H;1-4H;1H4;1H/b20-19+;;;;;/i;;;;;1+1. The molecule has 0 unspecified atom stereocenters. The number of hydrogen-bond acceptors (Lipinski definition) is 4. The van der Waals surface area contributed by atoms with Crippen LogP contribution in [-0.2, 0) is 0 Å². The maximum Gasteiger partial charge on any atom is 0.488 e. The molecule has 99 heavy (non-hydrogen) atoms. The fourth-order valence-corrected chi connectivity index (χ4v) is 12.8. The molecule has 4 nitrogen and oxygen atoms in total. The van der Waals surface area contributed by atoms with Crippen LogP contribution in [0.5, 0.6) is 0 Å². The quantitative estimate of drug-likeness (QED) is 0.0727. The SMILES string of the molecule is Brc1ccc(-c2ccc3ccccc3c2)cc1.Brc1ccc(I)cc1.C.C(=C\c1ccc(N(c2ccccc2)c2ccc(-c3ccc4ccccc4c3)cc2)cc1)/c1ccc(N(c2ccccc2)c2ccc(-c3ccc4ccccc4c3)cc2)cc1.OB(O)c1ccc2ccccc2c1.[2HH]. The summed E-state index contributed by atoms with van der Waals surface area (Å²) in [5.41, 5.74) is 16.8. The van der Waals surface area contributed by atoms with Gasteiger partial charge in [-0.2, -0.15) is 0 Å². The second kappa shape index (κ2) is 33.2. The second-order valence-electron chi connectivity index (χ2n) is 23.6. The van der Waals surface area contributed by atoms with Crippen molar-refractivity contribution in [2.45, 2.75) is 7.43 Å². The summed E-state index contributed by atoms with van der Waals surface area (Å²) in [4.78, 5) is 4.62. The minimum atomic E-state index is -1.38. The van der Waals surface area contributed by atoms with Crippen molar-refractivity contribution in [1.82, 2.24) is 0 Å². The molecule has 16 aromatic rings. The third kappa shape index (κ3) is 17.7. The molecule has 2 N–H and O–H groups in total. The Morgan fingerprint density at radius 3 is 0.838 bits per heavy atom. The summed E-state index contributed by atoms with van der Waals surface area (Å²) in [5.74, 6) is 0. The third-order valence-corrected chi connectivity index (χ3v) is 18.8. The zero-order valence-corrected chi connectivity index (χ0v) is 58.8. The first kappa shape index (κ1) is 68.5. The molecule has 0 atom stereocenters. The van der Waals surface area contributed by atoms with E-state index in [1.165, 1.54) is 69.3 Å². The number of para-hydroxylation sites is 2. The van der Waals surface area contributed by atoms with Crippen LogP contribution in [0, 0.1) is 3.57 Å². The van der Waals surface area contributed by atoms with Gasteiger partial charge in [-0.05, 0) is 243 Å². The van der Waals surface area contributed by atoms with Gasteiger partial charge in [0, 0.05) is 48.1 Å². The highest BCUT2D eigenvalue weighted by Gasteiger charge is 2.16. The highest BCUT2D eigenvalue weighted by atomic mass is 127. The van der Waals surface area contributed by atoms with Crippen molar-refractivity contribution in [3.63, 3.8) is 0 Å². The van der Waals surface area contributed by atoms with Gasteiger partial charge in [0.05, 0.1) is 0 Å². The molecule has 16 rings (SSSR count). The summed E-state index contributed by atoms with van der Waals surface area (Å²) in [6.45, 7) is 0. The van der Waals surface area contributed by atoms with E-state index in [2.05, 4.69) is 398 Å². The first-order valence-corrected chi connectivity index (χ1v) is 35.1. The average Bonchev–Trinajstić information content (AvgIpc) is 0.808. The van der Waals surface area contributed by atoms with Crippen LogP contribution in [-0.4, -0.2) is 17.2 Å². The molecule has 482 valence electrons. The lowest BCUT2D eigenvalue weighted by atomic mass is 9.79. The first-order chi connectivity index (χ1) is 48.1. The molecule has 16 aromatic carbocycles. The van der Waals surface area contributed by atoms with Crippen LogP contribution in [0.4, 0.5) is 34.1 Å². The minimum absolute atomic E-state index is 0. The number of rotatable bonds is 12. The lowest BCUT2D eigenvalue weighted by Crippen LogP contribution is -2.29. The van der Waals surface area contributed by atoms with E-state index in [1.54, 1.807) is 12.1 Å². The third-order valence-electron chi connectivity index (χ3n) is 17.0. The van der Waals surface area contributed by atoms with Gasteiger partial charge < -0.3 is 19.8 Å². The van der Waals surface area contributed by atoms with E-state index in [0.717, 1.165) is 65.0 Å². The Labute approximate surface area is 613 Å². The molecule has 8 heteroatoms. The average molecular weight is 1520 g/mol. The smallest absolute Gasteiger partial charge is 0.423 e. The van der Waals surface area contributed by atoms with Crippen molar-refractivity contribution in [3.05, 3.63) is 400 Å². The van der Waals surface area contributed by atoms with E-state index < -0.39 is 7.12 Å². The van der Waals surface area contributed by atoms with Crippen LogP contribution in [0.3, 0.4) is 0 Å². The van der Waals surface area contributed by atoms with Crippen molar-refractivity contribution in [2.24, 2.45) is 0 Å². The number of fused-ring (bicyclic) bond motifs is 4.